The van der Waals surface area contributed by atoms with Gasteiger partial charge < -0.3 is 14.8 Å². The Labute approximate surface area is 142 Å². The van der Waals surface area contributed by atoms with Crippen LogP contribution in [0.3, 0.4) is 0 Å². The number of ether oxygens (including phenoxy) is 2. The number of rotatable bonds is 5. The number of benzene rings is 2. The second kappa shape index (κ2) is 6.65. The van der Waals surface area contributed by atoms with Crippen LogP contribution in [0.4, 0.5) is 5.69 Å². The highest BCUT2D eigenvalue weighted by atomic mass is 16.6. The molecule has 0 aromatic heterocycles. The van der Waals surface area contributed by atoms with Crippen LogP contribution >= 0.6 is 0 Å². The summed E-state index contributed by atoms with van der Waals surface area (Å²) in [5, 5.41) is 2.96. The minimum atomic E-state index is -0.218. The molecular formula is C20H23NO3. The molecule has 0 saturated carbocycles. The SMILES string of the molecule is CC(C)(C)c1c(OCC2CO2)cccc1C(=O)Nc1ccccc1. The molecule has 1 heterocycles. The third-order valence-corrected chi connectivity index (χ3v) is 3.88. The van der Waals surface area contributed by atoms with Gasteiger partial charge in [-0.05, 0) is 29.7 Å². The number of carbonyl (C=O) groups excluding carboxylic acids is 1. The summed E-state index contributed by atoms with van der Waals surface area (Å²) in [5.74, 6) is 0.623. The molecule has 2 aromatic carbocycles. The quantitative estimate of drug-likeness (QED) is 0.845. The van der Waals surface area contributed by atoms with Crippen molar-refractivity contribution in [1.29, 1.82) is 0 Å². The van der Waals surface area contributed by atoms with Crippen molar-refractivity contribution in [3.8, 4) is 5.75 Å². The van der Waals surface area contributed by atoms with Crippen LogP contribution < -0.4 is 10.1 Å². The molecule has 1 saturated heterocycles. The van der Waals surface area contributed by atoms with Crippen LogP contribution in [-0.4, -0.2) is 25.2 Å². The maximum Gasteiger partial charge on any atom is 0.256 e. The number of amides is 1. The van der Waals surface area contributed by atoms with E-state index in [-0.39, 0.29) is 17.4 Å². The van der Waals surface area contributed by atoms with Gasteiger partial charge in [-0.25, -0.2) is 0 Å². The van der Waals surface area contributed by atoms with Crippen molar-refractivity contribution in [2.75, 3.05) is 18.5 Å². The number of epoxide rings is 1. The van der Waals surface area contributed by atoms with Gasteiger partial charge in [-0.2, -0.15) is 0 Å². The minimum absolute atomic E-state index is 0.126. The second-order valence-electron chi connectivity index (χ2n) is 7.02. The Hall–Kier alpha value is -2.33. The summed E-state index contributed by atoms with van der Waals surface area (Å²) in [6.07, 6.45) is 0.180. The predicted octanol–water partition coefficient (Wildman–Crippen LogP) is 4.01. The van der Waals surface area contributed by atoms with Crippen molar-refractivity contribution in [1.82, 2.24) is 0 Å². The third kappa shape index (κ3) is 3.95. The Kier molecular flexibility index (Phi) is 4.58. The van der Waals surface area contributed by atoms with Gasteiger partial charge in [-0.15, -0.1) is 0 Å². The molecule has 0 spiro atoms. The lowest BCUT2D eigenvalue weighted by molar-refractivity contribution is 0.102. The molecule has 0 bridgehead atoms. The average Bonchev–Trinajstić information content (AvgIpc) is 3.37. The molecule has 1 unspecified atom stereocenters. The van der Waals surface area contributed by atoms with Gasteiger partial charge in [0.2, 0.25) is 0 Å². The normalized spacial score (nSPS) is 16.5. The average molecular weight is 325 g/mol. The van der Waals surface area contributed by atoms with E-state index in [1.54, 1.807) is 0 Å². The molecule has 1 amide bonds. The van der Waals surface area contributed by atoms with E-state index in [2.05, 4.69) is 26.1 Å². The number of para-hydroxylation sites is 1. The summed E-state index contributed by atoms with van der Waals surface area (Å²) >= 11 is 0. The lowest BCUT2D eigenvalue weighted by Crippen LogP contribution is -2.22. The standard InChI is InChI=1S/C20H23NO3/c1-20(2,3)18-16(19(22)21-14-8-5-4-6-9-14)10-7-11-17(18)24-13-15-12-23-15/h4-11,15H,12-13H2,1-3H3,(H,21,22). The zero-order valence-corrected chi connectivity index (χ0v) is 14.3. The summed E-state index contributed by atoms with van der Waals surface area (Å²) < 4.78 is 11.1. The topological polar surface area (TPSA) is 50.9 Å². The molecule has 24 heavy (non-hydrogen) atoms. The highest BCUT2D eigenvalue weighted by molar-refractivity contribution is 6.06. The maximum absolute atomic E-state index is 12.8. The molecule has 2 aromatic rings. The molecule has 4 heteroatoms. The van der Waals surface area contributed by atoms with Crippen LogP contribution in [0.15, 0.2) is 48.5 Å². The van der Waals surface area contributed by atoms with Gasteiger partial charge >= 0.3 is 0 Å². The van der Waals surface area contributed by atoms with E-state index in [0.717, 1.165) is 23.6 Å². The Balaban J connectivity index is 1.90. The first kappa shape index (κ1) is 16.5. The summed E-state index contributed by atoms with van der Waals surface area (Å²) in [7, 11) is 0. The molecule has 126 valence electrons. The molecule has 0 radical (unpaired) electrons. The van der Waals surface area contributed by atoms with Crippen LogP contribution in [-0.2, 0) is 10.2 Å². The largest absolute Gasteiger partial charge is 0.490 e. The van der Waals surface area contributed by atoms with E-state index < -0.39 is 0 Å². The lowest BCUT2D eigenvalue weighted by Gasteiger charge is -2.25. The molecular weight excluding hydrogens is 302 g/mol. The fourth-order valence-corrected chi connectivity index (χ4v) is 2.68. The fourth-order valence-electron chi connectivity index (χ4n) is 2.68. The molecule has 1 N–H and O–H groups in total. The lowest BCUT2D eigenvalue weighted by atomic mass is 9.82. The third-order valence-electron chi connectivity index (χ3n) is 3.88. The van der Waals surface area contributed by atoms with Crippen molar-refractivity contribution in [3.05, 3.63) is 59.7 Å². The summed E-state index contributed by atoms with van der Waals surface area (Å²) in [6, 6.07) is 15.1. The van der Waals surface area contributed by atoms with Crippen LogP contribution in [0.5, 0.6) is 5.75 Å². The monoisotopic (exact) mass is 325 g/mol. The summed E-state index contributed by atoms with van der Waals surface area (Å²) in [4.78, 5) is 12.8. The number of hydrogen-bond acceptors (Lipinski definition) is 3. The van der Waals surface area contributed by atoms with Crippen molar-refractivity contribution >= 4 is 11.6 Å². The van der Waals surface area contributed by atoms with Gasteiger partial charge in [0.25, 0.3) is 5.91 Å². The Morgan fingerprint density at radius 2 is 1.88 bits per heavy atom. The molecule has 1 aliphatic heterocycles. The van der Waals surface area contributed by atoms with Gasteiger partial charge in [0, 0.05) is 16.8 Å². The highest BCUT2D eigenvalue weighted by Gasteiger charge is 2.28. The first-order valence-electron chi connectivity index (χ1n) is 8.19. The van der Waals surface area contributed by atoms with Gasteiger partial charge in [0.1, 0.15) is 18.5 Å². The van der Waals surface area contributed by atoms with Crippen LogP contribution in [0.2, 0.25) is 0 Å². The van der Waals surface area contributed by atoms with Crippen LogP contribution in [0, 0.1) is 0 Å². The van der Waals surface area contributed by atoms with E-state index >= 15 is 0 Å². The molecule has 1 aliphatic rings. The first-order valence-corrected chi connectivity index (χ1v) is 8.19. The maximum atomic E-state index is 12.8. The van der Waals surface area contributed by atoms with E-state index in [0.29, 0.717) is 12.2 Å². The van der Waals surface area contributed by atoms with Gasteiger partial charge in [-0.3, -0.25) is 4.79 Å². The van der Waals surface area contributed by atoms with Crippen LogP contribution in [0.1, 0.15) is 36.7 Å². The van der Waals surface area contributed by atoms with Crippen molar-refractivity contribution < 1.29 is 14.3 Å². The summed E-state index contributed by atoms with van der Waals surface area (Å²) in [6.45, 7) is 7.53. The van der Waals surface area contributed by atoms with Crippen molar-refractivity contribution in [2.24, 2.45) is 0 Å². The zero-order valence-electron chi connectivity index (χ0n) is 14.3. The van der Waals surface area contributed by atoms with Crippen molar-refractivity contribution in [3.63, 3.8) is 0 Å². The molecule has 0 aliphatic carbocycles. The van der Waals surface area contributed by atoms with Crippen molar-refractivity contribution in [2.45, 2.75) is 32.3 Å². The number of nitrogens with one attached hydrogen (secondary N) is 1. The fraction of sp³-hybridized carbons (Fsp3) is 0.350. The van der Waals surface area contributed by atoms with E-state index in [1.807, 2.05) is 48.5 Å². The number of anilines is 1. The Morgan fingerprint density at radius 1 is 1.17 bits per heavy atom. The first-order chi connectivity index (χ1) is 11.4. The van der Waals surface area contributed by atoms with Gasteiger partial charge in [0.05, 0.1) is 6.61 Å². The molecule has 4 nitrogen and oxygen atoms in total. The number of carbonyl (C=O) groups is 1. The van der Waals surface area contributed by atoms with Crippen LogP contribution in [0.25, 0.3) is 0 Å². The second-order valence-corrected chi connectivity index (χ2v) is 7.02. The Morgan fingerprint density at radius 3 is 2.50 bits per heavy atom. The highest BCUT2D eigenvalue weighted by Crippen LogP contribution is 2.35. The van der Waals surface area contributed by atoms with E-state index in [4.69, 9.17) is 9.47 Å². The smallest absolute Gasteiger partial charge is 0.256 e. The van der Waals surface area contributed by atoms with Gasteiger partial charge in [0.15, 0.2) is 0 Å². The zero-order chi connectivity index (χ0) is 17.2. The van der Waals surface area contributed by atoms with E-state index in [9.17, 15) is 4.79 Å². The predicted molar refractivity (Wildman–Crippen MR) is 94.8 cm³/mol. The minimum Gasteiger partial charge on any atom is -0.490 e. The molecule has 3 rings (SSSR count). The Bertz CT molecular complexity index is 715. The molecule has 1 atom stereocenters. The van der Waals surface area contributed by atoms with E-state index in [1.165, 1.54) is 0 Å². The number of hydrogen-bond donors (Lipinski definition) is 1. The summed E-state index contributed by atoms with van der Waals surface area (Å²) in [5.41, 5.74) is 2.12. The molecule has 1 fully saturated rings. The van der Waals surface area contributed by atoms with Gasteiger partial charge in [-0.1, -0.05) is 45.0 Å².